The average molecular weight is 350 g/mol. The van der Waals surface area contributed by atoms with Crippen LogP contribution in [0.4, 0.5) is 0 Å². The second kappa shape index (κ2) is 7.62. The molecule has 0 spiro atoms. The Balaban J connectivity index is 1.61. The normalized spacial score (nSPS) is 12.0. The number of amides is 1. The van der Waals surface area contributed by atoms with E-state index in [1.54, 1.807) is 11.3 Å². The van der Waals surface area contributed by atoms with Crippen LogP contribution in [0.1, 0.15) is 35.3 Å². The highest BCUT2D eigenvalue weighted by Crippen LogP contribution is 2.24. The summed E-state index contributed by atoms with van der Waals surface area (Å²) in [5, 5.41) is 5.96. The highest BCUT2D eigenvalue weighted by Gasteiger charge is 2.12. The van der Waals surface area contributed by atoms with Gasteiger partial charge in [-0.3, -0.25) is 4.79 Å². The summed E-state index contributed by atoms with van der Waals surface area (Å²) >= 11 is 1.58. The van der Waals surface area contributed by atoms with E-state index < -0.39 is 0 Å². The number of carbonyl (C=O) groups excluding carboxylic acids is 1. The molecule has 3 rings (SSSR count). The van der Waals surface area contributed by atoms with Gasteiger partial charge in [-0.1, -0.05) is 59.7 Å². The van der Waals surface area contributed by atoms with Crippen LogP contribution in [0.5, 0.6) is 0 Å². The van der Waals surface area contributed by atoms with Crippen LogP contribution in [-0.2, 0) is 11.2 Å². The Kier molecular flexibility index (Phi) is 5.29. The van der Waals surface area contributed by atoms with E-state index in [2.05, 4.69) is 72.7 Å². The summed E-state index contributed by atoms with van der Waals surface area (Å²) in [7, 11) is 0. The van der Waals surface area contributed by atoms with Crippen LogP contribution in [0.3, 0.4) is 0 Å². The van der Waals surface area contributed by atoms with Gasteiger partial charge >= 0.3 is 0 Å². The third-order valence-corrected chi connectivity index (χ3v) is 5.09. The maximum Gasteiger partial charge on any atom is 0.226 e. The molecule has 1 N–H and O–H groups in total. The van der Waals surface area contributed by atoms with Crippen LogP contribution in [-0.4, -0.2) is 10.9 Å². The molecule has 1 aromatic heterocycles. The molecule has 25 heavy (non-hydrogen) atoms. The van der Waals surface area contributed by atoms with Crippen molar-refractivity contribution in [1.29, 1.82) is 0 Å². The van der Waals surface area contributed by atoms with Gasteiger partial charge in [0.15, 0.2) is 0 Å². The van der Waals surface area contributed by atoms with Crippen molar-refractivity contribution in [2.24, 2.45) is 0 Å². The van der Waals surface area contributed by atoms with E-state index in [1.165, 1.54) is 11.1 Å². The van der Waals surface area contributed by atoms with Gasteiger partial charge in [-0.25, -0.2) is 4.98 Å². The number of hydrogen-bond acceptors (Lipinski definition) is 3. The Hall–Kier alpha value is -2.46. The SMILES string of the molecule is Cc1ccc(-c2nc(CC(=O)NC(C)c3ccc(C)cc3)cs2)cc1. The minimum Gasteiger partial charge on any atom is -0.349 e. The van der Waals surface area contributed by atoms with E-state index in [9.17, 15) is 4.79 Å². The summed E-state index contributed by atoms with van der Waals surface area (Å²) in [5.41, 5.74) is 5.46. The summed E-state index contributed by atoms with van der Waals surface area (Å²) < 4.78 is 0. The molecule has 0 saturated heterocycles. The highest BCUT2D eigenvalue weighted by atomic mass is 32.1. The van der Waals surface area contributed by atoms with Gasteiger partial charge in [-0.05, 0) is 26.3 Å². The lowest BCUT2D eigenvalue weighted by molar-refractivity contribution is -0.121. The van der Waals surface area contributed by atoms with Crippen LogP contribution in [0, 0.1) is 13.8 Å². The number of aryl methyl sites for hydroxylation is 2. The van der Waals surface area contributed by atoms with Crippen LogP contribution >= 0.6 is 11.3 Å². The Morgan fingerprint density at radius 1 is 1.04 bits per heavy atom. The van der Waals surface area contributed by atoms with Gasteiger partial charge in [0.05, 0.1) is 18.2 Å². The van der Waals surface area contributed by atoms with Gasteiger partial charge in [-0.15, -0.1) is 11.3 Å². The number of nitrogens with one attached hydrogen (secondary N) is 1. The first-order valence-corrected chi connectivity index (χ1v) is 9.26. The largest absolute Gasteiger partial charge is 0.349 e. The van der Waals surface area contributed by atoms with Gasteiger partial charge in [0, 0.05) is 10.9 Å². The smallest absolute Gasteiger partial charge is 0.226 e. The minimum atomic E-state index is -0.0108. The molecular weight excluding hydrogens is 328 g/mol. The molecule has 1 unspecified atom stereocenters. The topological polar surface area (TPSA) is 42.0 Å². The van der Waals surface area contributed by atoms with E-state index in [1.807, 2.05) is 12.3 Å². The van der Waals surface area contributed by atoms with E-state index in [4.69, 9.17) is 0 Å². The number of hydrogen-bond donors (Lipinski definition) is 1. The fourth-order valence-electron chi connectivity index (χ4n) is 2.61. The molecule has 2 aromatic carbocycles. The second-order valence-electron chi connectivity index (χ2n) is 6.39. The van der Waals surface area contributed by atoms with Crippen LogP contribution in [0.25, 0.3) is 10.6 Å². The molecule has 0 radical (unpaired) electrons. The van der Waals surface area contributed by atoms with Gasteiger partial charge in [0.1, 0.15) is 5.01 Å². The predicted octanol–water partition coefficient (Wildman–Crippen LogP) is 4.85. The van der Waals surface area contributed by atoms with Crippen LogP contribution in [0.2, 0.25) is 0 Å². The number of benzene rings is 2. The standard InChI is InChI=1S/C21H22N2OS/c1-14-4-8-17(9-5-14)16(3)22-20(24)12-19-13-25-21(23-19)18-10-6-15(2)7-11-18/h4-11,13,16H,12H2,1-3H3,(H,22,24). The van der Waals surface area contributed by atoms with Crippen molar-refractivity contribution in [2.45, 2.75) is 33.2 Å². The van der Waals surface area contributed by atoms with Crippen LogP contribution < -0.4 is 5.32 Å². The van der Waals surface area contributed by atoms with Crippen molar-refractivity contribution in [2.75, 3.05) is 0 Å². The number of aromatic nitrogens is 1. The van der Waals surface area contributed by atoms with Crippen molar-refractivity contribution < 1.29 is 4.79 Å². The number of rotatable bonds is 5. The minimum absolute atomic E-state index is 0.00571. The van der Waals surface area contributed by atoms with Crippen molar-refractivity contribution >= 4 is 17.2 Å². The van der Waals surface area contributed by atoms with Gasteiger partial charge in [-0.2, -0.15) is 0 Å². The molecule has 0 saturated carbocycles. The van der Waals surface area contributed by atoms with Crippen molar-refractivity contribution in [3.63, 3.8) is 0 Å². The van der Waals surface area contributed by atoms with Gasteiger partial charge < -0.3 is 5.32 Å². The molecule has 1 heterocycles. The maximum atomic E-state index is 12.3. The number of thiazole rings is 1. The molecule has 0 bridgehead atoms. The Labute approximate surface area is 152 Å². The first-order valence-electron chi connectivity index (χ1n) is 8.38. The lowest BCUT2D eigenvalue weighted by atomic mass is 10.1. The van der Waals surface area contributed by atoms with Gasteiger partial charge in [0.25, 0.3) is 0 Å². The third-order valence-electron chi connectivity index (χ3n) is 4.15. The van der Waals surface area contributed by atoms with Crippen molar-refractivity contribution in [3.05, 3.63) is 76.3 Å². The Bertz CT molecular complexity index is 850. The number of carbonyl (C=O) groups is 1. The second-order valence-corrected chi connectivity index (χ2v) is 7.24. The number of nitrogens with zero attached hydrogens (tertiary/aromatic N) is 1. The van der Waals surface area contributed by atoms with E-state index in [0.717, 1.165) is 21.8 Å². The van der Waals surface area contributed by atoms with Gasteiger partial charge in [0.2, 0.25) is 5.91 Å². The molecule has 0 fully saturated rings. The molecule has 0 aliphatic rings. The molecule has 0 aliphatic heterocycles. The molecule has 1 amide bonds. The Morgan fingerprint density at radius 2 is 1.64 bits per heavy atom. The average Bonchev–Trinajstić information content (AvgIpc) is 3.04. The molecule has 128 valence electrons. The molecule has 0 aliphatic carbocycles. The summed E-state index contributed by atoms with van der Waals surface area (Å²) in [6.07, 6.45) is 0.304. The monoisotopic (exact) mass is 350 g/mol. The third kappa shape index (κ3) is 4.54. The summed E-state index contributed by atoms with van der Waals surface area (Å²) in [6, 6.07) is 16.5. The fourth-order valence-corrected chi connectivity index (χ4v) is 3.44. The lowest BCUT2D eigenvalue weighted by Crippen LogP contribution is -2.28. The predicted molar refractivity (Wildman–Crippen MR) is 104 cm³/mol. The van der Waals surface area contributed by atoms with E-state index >= 15 is 0 Å². The fraction of sp³-hybridized carbons (Fsp3) is 0.238. The highest BCUT2D eigenvalue weighted by molar-refractivity contribution is 7.13. The zero-order valence-electron chi connectivity index (χ0n) is 14.7. The van der Waals surface area contributed by atoms with Crippen LogP contribution in [0.15, 0.2) is 53.9 Å². The molecular formula is C21H22N2OS. The maximum absolute atomic E-state index is 12.3. The lowest BCUT2D eigenvalue weighted by Gasteiger charge is -2.14. The summed E-state index contributed by atoms with van der Waals surface area (Å²) in [5.74, 6) is -0.00571. The zero-order valence-corrected chi connectivity index (χ0v) is 15.6. The summed E-state index contributed by atoms with van der Waals surface area (Å²) in [6.45, 7) is 6.12. The molecule has 3 nitrogen and oxygen atoms in total. The van der Waals surface area contributed by atoms with E-state index in [-0.39, 0.29) is 11.9 Å². The first-order chi connectivity index (χ1) is 12.0. The first kappa shape index (κ1) is 17.4. The Morgan fingerprint density at radius 3 is 2.28 bits per heavy atom. The molecule has 1 atom stereocenters. The van der Waals surface area contributed by atoms with E-state index in [0.29, 0.717) is 6.42 Å². The van der Waals surface area contributed by atoms with Crippen molar-refractivity contribution in [1.82, 2.24) is 10.3 Å². The molecule has 3 aromatic rings. The zero-order chi connectivity index (χ0) is 17.8. The summed E-state index contributed by atoms with van der Waals surface area (Å²) in [4.78, 5) is 16.9. The van der Waals surface area contributed by atoms with Crippen molar-refractivity contribution in [3.8, 4) is 10.6 Å². The quantitative estimate of drug-likeness (QED) is 0.715. The molecule has 4 heteroatoms.